The molecule has 0 spiro atoms. The number of aromatic nitrogens is 4. The predicted molar refractivity (Wildman–Crippen MR) is 125 cm³/mol. The second kappa shape index (κ2) is 7.78. The Balaban J connectivity index is 1.17. The molecule has 2 saturated carbocycles. The minimum absolute atomic E-state index is 0.000764. The SMILES string of the molecule is CC(CCNC(=O)c1nn(C(C)(C)C)c2c1[C@H]1CC1C2(F)F)C(C)n1nc(C(F)F)c2c1C(F)(F)C1C[C@H]21. The summed E-state index contributed by atoms with van der Waals surface area (Å²) in [7, 11) is 0. The number of halogens is 6. The van der Waals surface area contributed by atoms with Crippen LogP contribution < -0.4 is 5.32 Å². The van der Waals surface area contributed by atoms with Gasteiger partial charge in [-0.05, 0) is 64.7 Å². The van der Waals surface area contributed by atoms with E-state index in [2.05, 4.69) is 15.5 Å². The summed E-state index contributed by atoms with van der Waals surface area (Å²) in [6.07, 6.45) is -2.07. The Morgan fingerprint density at radius 1 is 1.00 bits per heavy atom. The van der Waals surface area contributed by atoms with Gasteiger partial charge in [-0.15, -0.1) is 0 Å². The van der Waals surface area contributed by atoms with Crippen molar-refractivity contribution in [3.8, 4) is 0 Å². The summed E-state index contributed by atoms with van der Waals surface area (Å²) < 4.78 is 89.4. The molecular formula is C26H31F6N5O. The third-order valence-corrected chi connectivity index (χ3v) is 8.93. The third-order valence-electron chi connectivity index (χ3n) is 8.93. The summed E-state index contributed by atoms with van der Waals surface area (Å²) in [5.74, 6) is -9.76. The normalized spacial score (nSPS) is 28.9. The Morgan fingerprint density at radius 3 is 2.16 bits per heavy atom. The highest BCUT2D eigenvalue weighted by molar-refractivity contribution is 5.94. The number of rotatable bonds is 7. The van der Waals surface area contributed by atoms with Gasteiger partial charge < -0.3 is 5.32 Å². The molecule has 2 fully saturated rings. The second-order valence-corrected chi connectivity index (χ2v) is 12.5. The smallest absolute Gasteiger partial charge is 0.293 e. The molecule has 2 aromatic heterocycles. The van der Waals surface area contributed by atoms with Crippen LogP contribution in [0.4, 0.5) is 26.3 Å². The first-order valence-electron chi connectivity index (χ1n) is 13.2. The monoisotopic (exact) mass is 543 g/mol. The number of nitrogens with one attached hydrogen (secondary N) is 1. The maximum atomic E-state index is 15.0. The molecule has 6 nitrogen and oxygen atoms in total. The van der Waals surface area contributed by atoms with E-state index in [1.165, 1.54) is 4.68 Å². The van der Waals surface area contributed by atoms with Crippen LogP contribution in [0.1, 0.15) is 117 Å². The van der Waals surface area contributed by atoms with Gasteiger partial charge >= 0.3 is 0 Å². The largest absolute Gasteiger partial charge is 0.351 e. The molecule has 0 radical (unpaired) electrons. The molecule has 4 aliphatic rings. The van der Waals surface area contributed by atoms with Crippen molar-refractivity contribution in [2.24, 2.45) is 17.8 Å². The Morgan fingerprint density at radius 2 is 1.58 bits per heavy atom. The number of hydrogen-bond donors (Lipinski definition) is 1. The molecule has 0 aliphatic heterocycles. The third kappa shape index (κ3) is 3.43. The van der Waals surface area contributed by atoms with Crippen molar-refractivity contribution in [3.63, 3.8) is 0 Å². The zero-order chi connectivity index (χ0) is 27.7. The van der Waals surface area contributed by atoms with Crippen LogP contribution in [0.3, 0.4) is 0 Å². The topological polar surface area (TPSA) is 64.7 Å². The molecular weight excluding hydrogens is 512 g/mol. The van der Waals surface area contributed by atoms with Crippen molar-refractivity contribution in [2.45, 2.75) is 95.6 Å². The van der Waals surface area contributed by atoms with E-state index in [4.69, 9.17) is 0 Å². The van der Waals surface area contributed by atoms with Gasteiger partial charge in [0.1, 0.15) is 17.1 Å². The van der Waals surface area contributed by atoms with E-state index >= 15 is 0 Å². The summed E-state index contributed by atoms with van der Waals surface area (Å²) in [5.41, 5.74) is -1.56. The van der Waals surface area contributed by atoms with Gasteiger partial charge in [-0.2, -0.15) is 27.8 Å². The fourth-order valence-corrected chi connectivity index (χ4v) is 6.53. The van der Waals surface area contributed by atoms with E-state index in [1.54, 1.807) is 34.6 Å². The van der Waals surface area contributed by atoms with Gasteiger partial charge in [-0.1, -0.05) is 6.92 Å². The quantitative estimate of drug-likeness (QED) is 0.423. The Hall–Kier alpha value is -2.53. The van der Waals surface area contributed by atoms with Gasteiger partial charge in [0, 0.05) is 29.5 Å². The first-order valence-corrected chi connectivity index (χ1v) is 13.2. The van der Waals surface area contributed by atoms with Crippen molar-refractivity contribution in [1.82, 2.24) is 24.9 Å². The molecule has 6 atom stereocenters. The molecule has 0 aromatic carbocycles. The van der Waals surface area contributed by atoms with Crippen LogP contribution in [0.15, 0.2) is 0 Å². The standard InChI is InChI=1S/C26H31F6N5O/c1-10(11(2)36-20-16(18(34-36)22(27)28)12-8-14(12)25(20,29)30)6-7-33-23(38)19-17-13-9-15(13)26(31,32)21(17)37(35-19)24(3,4)5/h10-15,22H,6-9H2,1-5H3,(H,33,38)/t10?,11?,12-,13-,14?,15?/m0/s1. The molecule has 0 bridgehead atoms. The Kier molecular flexibility index (Phi) is 5.27. The lowest BCUT2D eigenvalue weighted by atomic mass is 9.99. The van der Waals surface area contributed by atoms with Gasteiger partial charge in [-0.25, -0.2) is 8.78 Å². The van der Waals surface area contributed by atoms with Crippen LogP contribution in [0.25, 0.3) is 0 Å². The zero-order valence-corrected chi connectivity index (χ0v) is 21.8. The molecule has 38 heavy (non-hydrogen) atoms. The summed E-state index contributed by atoms with van der Waals surface area (Å²) in [6.45, 7) is 8.83. The molecule has 6 rings (SSSR count). The van der Waals surface area contributed by atoms with Crippen LogP contribution in [0.5, 0.6) is 0 Å². The Bertz CT molecular complexity index is 1320. The number of carbonyl (C=O) groups excluding carboxylic acids is 1. The molecule has 0 saturated heterocycles. The number of nitrogens with zero attached hydrogens (tertiary/aromatic N) is 4. The molecule has 4 unspecified atom stereocenters. The maximum absolute atomic E-state index is 15.0. The highest BCUT2D eigenvalue weighted by Gasteiger charge is 2.68. The van der Waals surface area contributed by atoms with Crippen LogP contribution in [-0.2, 0) is 17.4 Å². The van der Waals surface area contributed by atoms with E-state index in [1.807, 2.05) is 0 Å². The molecule has 2 aromatic rings. The average Bonchev–Trinajstić information content (AvgIpc) is 3.66. The van der Waals surface area contributed by atoms with Crippen LogP contribution >= 0.6 is 0 Å². The van der Waals surface area contributed by atoms with E-state index in [0.717, 1.165) is 4.68 Å². The van der Waals surface area contributed by atoms with Crippen LogP contribution in [0, 0.1) is 17.8 Å². The predicted octanol–water partition coefficient (Wildman–Crippen LogP) is 6.21. The average molecular weight is 544 g/mol. The minimum Gasteiger partial charge on any atom is -0.351 e. The number of hydrogen-bond acceptors (Lipinski definition) is 3. The Labute approximate surface area is 216 Å². The van der Waals surface area contributed by atoms with Crippen molar-refractivity contribution >= 4 is 5.91 Å². The van der Waals surface area contributed by atoms with Crippen molar-refractivity contribution in [2.75, 3.05) is 6.54 Å². The van der Waals surface area contributed by atoms with E-state index in [-0.39, 0.29) is 41.8 Å². The van der Waals surface area contributed by atoms with Crippen LogP contribution in [0.2, 0.25) is 0 Å². The fourth-order valence-electron chi connectivity index (χ4n) is 6.53. The van der Waals surface area contributed by atoms with Crippen molar-refractivity contribution in [1.29, 1.82) is 0 Å². The zero-order valence-electron chi connectivity index (χ0n) is 21.8. The molecule has 2 heterocycles. The molecule has 1 N–H and O–H groups in total. The second-order valence-electron chi connectivity index (χ2n) is 12.5. The highest BCUT2D eigenvalue weighted by Crippen LogP contribution is 2.69. The number of fused-ring (bicyclic) bond motifs is 6. The molecule has 12 heteroatoms. The van der Waals surface area contributed by atoms with Gasteiger partial charge in [0.05, 0.1) is 11.6 Å². The summed E-state index contributed by atoms with van der Waals surface area (Å²) in [6, 6.07) is -0.619. The van der Waals surface area contributed by atoms with Gasteiger partial charge in [0.25, 0.3) is 24.2 Å². The van der Waals surface area contributed by atoms with Crippen molar-refractivity contribution in [3.05, 3.63) is 33.9 Å². The van der Waals surface area contributed by atoms with Gasteiger partial charge in [-0.3, -0.25) is 14.2 Å². The molecule has 208 valence electrons. The fraction of sp³-hybridized carbons (Fsp3) is 0.731. The van der Waals surface area contributed by atoms with Gasteiger partial charge in [0.15, 0.2) is 5.69 Å². The highest BCUT2D eigenvalue weighted by atomic mass is 19.3. The lowest BCUT2D eigenvalue weighted by Crippen LogP contribution is -2.31. The first-order chi connectivity index (χ1) is 17.6. The van der Waals surface area contributed by atoms with E-state index in [0.29, 0.717) is 18.4 Å². The number of carbonyl (C=O) groups is 1. The van der Waals surface area contributed by atoms with Crippen LogP contribution in [-0.4, -0.2) is 32.0 Å². The number of amides is 1. The minimum atomic E-state index is -3.20. The lowest BCUT2D eigenvalue weighted by Gasteiger charge is -2.25. The summed E-state index contributed by atoms with van der Waals surface area (Å²) >= 11 is 0. The van der Waals surface area contributed by atoms with E-state index in [9.17, 15) is 31.1 Å². The molecule has 1 amide bonds. The first kappa shape index (κ1) is 25.7. The lowest BCUT2D eigenvalue weighted by molar-refractivity contribution is -0.0344. The number of alkyl halides is 6. The van der Waals surface area contributed by atoms with Gasteiger partial charge in [0.2, 0.25) is 0 Å². The molecule has 4 aliphatic carbocycles. The summed E-state index contributed by atoms with van der Waals surface area (Å²) in [4.78, 5) is 13.1. The maximum Gasteiger partial charge on any atom is 0.293 e. The van der Waals surface area contributed by atoms with E-state index < -0.39 is 64.9 Å². The van der Waals surface area contributed by atoms with Crippen molar-refractivity contribution < 1.29 is 31.1 Å². The summed E-state index contributed by atoms with van der Waals surface area (Å²) in [5, 5.41) is 11.0.